The molecular formula is C18H13F2N3OS. The van der Waals surface area contributed by atoms with Gasteiger partial charge in [0.05, 0.1) is 17.4 Å². The summed E-state index contributed by atoms with van der Waals surface area (Å²) in [5, 5.41) is 19.2. The first-order chi connectivity index (χ1) is 11.9. The average Bonchev–Trinajstić information content (AvgIpc) is 3.18. The highest BCUT2D eigenvalue weighted by atomic mass is 32.1. The number of benzene rings is 1. The van der Waals surface area contributed by atoms with Crippen LogP contribution < -0.4 is 0 Å². The lowest BCUT2D eigenvalue weighted by atomic mass is 9.75. The van der Waals surface area contributed by atoms with E-state index in [-0.39, 0.29) is 0 Å². The molecule has 7 heteroatoms. The summed E-state index contributed by atoms with van der Waals surface area (Å²) >= 11 is 1.28. The van der Waals surface area contributed by atoms with E-state index >= 15 is 0 Å². The number of nitrogens with one attached hydrogen (secondary N) is 1. The maximum Gasteiger partial charge on any atom is 0.254 e. The summed E-state index contributed by atoms with van der Waals surface area (Å²) in [6.07, 6.45) is 0.723. The minimum atomic E-state index is -2.77. The van der Waals surface area contributed by atoms with Crippen LogP contribution in [0, 0.1) is 0 Å². The fourth-order valence-corrected chi connectivity index (χ4v) is 4.51. The van der Waals surface area contributed by atoms with Crippen LogP contribution in [-0.2, 0) is 5.60 Å². The van der Waals surface area contributed by atoms with E-state index in [1.807, 2.05) is 30.3 Å². The molecule has 1 aliphatic rings. The molecule has 1 aliphatic carbocycles. The van der Waals surface area contributed by atoms with Gasteiger partial charge in [0.2, 0.25) is 0 Å². The van der Waals surface area contributed by atoms with E-state index in [1.54, 1.807) is 12.3 Å². The second kappa shape index (κ2) is 4.83. The third-order valence-corrected chi connectivity index (χ3v) is 5.92. The van der Waals surface area contributed by atoms with Gasteiger partial charge in [-0.15, -0.1) is 11.3 Å². The maximum atomic E-state index is 13.2. The predicted molar refractivity (Wildman–Crippen MR) is 92.8 cm³/mol. The van der Waals surface area contributed by atoms with E-state index in [9.17, 15) is 13.9 Å². The Balaban J connectivity index is 1.55. The van der Waals surface area contributed by atoms with Gasteiger partial charge in [-0.05, 0) is 30.3 Å². The van der Waals surface area contributed by atoms with Crippen LogP contribution in [0.2, 0.25) is 0 Å². The third kappa shape index (κ3) is 2.34. The van der Waals surface area contributed by atoms with Gasteiger partial charge in [0.15, 0.2) is 0 Å². The lowest BCUT2D eigenvalue weighted by Crippen LogP contribution is -2.48. The lowest BCUT2D eigenvalue weighted by molar-refractivity contribution is -0.208. The first-order valence-corrected chi connectivity index (χ1v) is 8.68. The molecule has 0 bridgehead atoms. The number of pyridine rings is 1. The molecule has 0 spiro atoms. The summed E-state index contributed by atoms with van der Waals surface area (Å²) in [4.78, 5) is 5.95. The molecule has 0 aliphatic heterocycles. The van der Waals surface area contributed by atoms with E-state index in [2.05, 4.69) is 15.2 Å². The first-order valence-electron chi connectivity index (χ1n) is 7.87. The van der Waals surface area contributed by atoms with Crippen molar-refractivity contribution in [2.24, 2.45) is 0 Å². The normalized spacial score (nSPS) is 18.5. The Kier molecular flexibility index (Phi) is 2.88. The number of H-pyrrole nitrogens is 1. The summed E-state index contributed by atoms with van der Waals surface area (Å²) < 4.78 is 26.4. The smallest absolute Gasteiger partial charge is 0.254 e. The molecule has 0 amide bonds. The number of thiophene rings is 1. The van der Waals surface area contributed by atoms with Gasteiger partial charge in [0, 0.05) is 34.1 Å². The summed E-state index contributed by atoms with van der Waals surface area (Å²) in [5.41, 5.74) is 1.29. The van der Waals surface area contributed by atoms with Crippen LogP contribution in [0.4, 0.5) is 8.78 Å². The summed E-state index contributed by atoms with van der Waals surface area (Å²) in [5.74, 6) is -2.77. The zero-order valence-corrected chi connectivity index (χ0v) is 13.8. The number of nitrogens with zero attached hydrogens (tertiary/aromatic N) is 2. The van der Waals surface area contributed by atoms with E-state index in [1.165, 1.54) is 11.3 Å². The van der Waals surface area contributed by atoms with E-state index in [0.717, 1.165) is 32.4 Å². The SMILES string of the molecule is OC1(c2cc3ccc(-c4ccc5[nH]ncc5c4)nc3s2)CC(F)(F)C1. The van der Waals surface area contributed by atoms with Crippen LogP contribution in [0.25, 0.3) is 32.4 Å². The standard InChI is InChI=1S/C18H13F2N3OS/c19-18(20)8-17(24,9-18)15-6-11-2-3-13(22-16(11)25-15)10-1-4-14-12(5-10)7-21-23-14/h1-7,24H,8-9H2,(H,21,23). The highest BCUT2D eigenvalue weighted by molar-refractivity contribution is 7.18. The Morgan fingerprint density at radius 2 is 1.92 bits per heavy atom. The van der Waals surface area contributed by atoms with Gasteiger partial charge in [-0.3, -0.25) is 5.10 Å². The highest BCUT2D eigenvalue weighted by Crippen LogP contribution is 2.53. The van der Waals surface area contributed by atoms with Gasteiger partial charge in [0.25, 0.3) is 5.92 Å². The number of aromatic nitrogens is 3. The van der Waals surface area contributed by atoms with Crippen molar-refractivity contribution in [1.82, 2.24) is 15.2 Å². The molecule has 1 fully saturated rings. The van der Waals surface area contributed by atoms with Crippen LogP contribution in [0.1, 0.15) is 17.7 Å². The number of aliphatic hydroxyl groups is 1. The Hall–Kier alpha value is -2.38. The lowest BCUT2D eigenvalue weighted by Gasteiger charge is -2.42. The fraction of sp³-hybridized carbons (Fsp3) is 0.222. The molecule has 1 aromatic carbocycles. The fourth-order valence-electron chi connectivity index (χ4n) is 3.39. The molecule has 126 valence electrons. The van der Waals surface area contributed by atoms with E-state index in [4.69, 9.17) is 0 Å². The second-order valence-corrected chi connectivity index (χ2v) is 7.65. The minimum Gasteiger partial charge on any atom is -0.384 e. The van der Waals surface area contributed by atoms with Crippen molar-refractivity contribution in [2.45, 2.75) is 24.4 Å². The average molecular weight is 357 g/mol. The first kappa shape index (κ1) is 14.9. The van der Waals surface area contributed by atoms with Crippen LogP contribution in [0.5, 0.6) is 0 Å². The van der Waals surface area contributed by atoms with Crippen LogP contribution in [0.3, 0.4) is 0 Å². The van der Waals surface area contributed by atoms with Crippen molar-refractivity contribution in [3.05, 3.63) is 47.5 Å². The molecule has 3 aromatic heterocycles. The Morgan fingerprint density at radius 1 is 1.08 bits per heavy atom. The number of halogens is 2. The molecular weight excluding hydrogens is 344 g/mol. The Bertz CT molecular complexity index is 1110. The molecule has 0 atom stereocenters. The van der Waals surface area contributed by atoms with Crippen LogP contribution >= 0.6 is 11.3 Å². The zero-order chi connectivity index (χ0) is 17.2. The monoisotopic (exact) mass is 357 g/mol. The molecule has 25 heavy (non-hydrogen) atoms. The molecule has 0 saturated heterocycles. The highest BCUT2D eigenvalue weighted by Gasteiger charge is 2.57. The molecule has 3 heterocycles. The molecule has 2 N–H and O–H groups in total. The number of hydrogen-bond acceptors (Lipinski definition) is 4. The number of alkyl halides is 2. The minimum absolute atomic E-state index is 0.517. The summed E-state index contributed by atoms with van der Waals surface area (Å²) in [6, 6.07) is 11.5. The van der Waals surface area contributed by atoms with Crippen molar-refractivity contribution >= 4 is 32.5 Å². The van der Waals surface area contributed by atoms with Gasteiger partial charge in [-0.1, -0.05) is 6.07 Å². The number of hydrogen-bond donors (Lipinski definition) is 2. The van der Waals surface area contributed by atoms with Gasteiger partial charge >= 0.3 is 0 Å². The maximum absolute atomic E-state index is 13.2. The van der Waals surface area contributed by atoms with Crippen molar-refractivity contribution < 1.29 is 13.9 Å². The van der Waals surface area contributed by atoms with Crippen molar-refractivity contribution in [1.29, 1.82) is 0 Å². The zero-order valence-electron chi connectivity index (χ0n) is 13.0. The Morgan fingerprint density at radius 3 is 2.72 bits per heavy atom. The molecule has 1 saturated carbocycles. The van der Waals surface area contributed by atoms with Crippen LogP contribution in [0.15, 0.2) is 42.6 Å². The topological polar surface area (TPSA) is 61.8 Å². The van der Waals surface area contributed by atoms with Crippen molar-refractivity contribution in [2.75, 3.05) is 0 Å². The van der Waals surface area contributed by atoms with Gasteiger partial charge in [-0.2, -0.15) is 5.10 Å². The van der Waals surface area contributed by atoms with Crippen LogP contribution in [-0.4, -0.2) is 26.2 Å². The number of aromatic amines is 1. The molecule has 4 nitrogen and oxygen atoms in total. The summed E-state index contributed by atoms with van der Waals surface area (Å²) in [7, 11) is 0. The Labute approximate surface area is 145 Å². The molecule has 0 radical (unpaired) electrons. The number of rotatable bonds is 2. The second-order valence-electron chi connectivity index (χ2n) is 6.61. The van der Waals surface area contributed by atoms with E-state index < -0.39 is 24.4 Å². The third-order valence-electron chi connectivity index (χ3n) is 4.68. The van der Waals surface area contributed by atoms with Gasteiger partial charge in [0.1, 0.15) is 10.4 Å². The largest absolute Gasteiger partial charge is 0.384 e. The molecule has 0 unspecified atom stereocenters. The van der Waals surface area contributed by atoms with Gasteiger partial charge in [-0.25, -0.2) is 13.8 Å². The van der Waals surface area contributed by atoms with Crippen molar-refractivity contribution in [3.8, 4) is 11.3 Å². The van der Waals surface area contributed by atoms with Crippen molar-refractivity contribution in [3.63, 3.8) is 0 Å². The van der Waals surface area contributed by atoms with Gasteiger partial charge < -0.3 is 5.11 Å². The van der Waals surface area contributed by atoms with E-state index in [0.29, 0.717) is 4.88 Å². The molecule has 4 aromatic rings. The summed E-state index contributed by atoms with van der Waals surface area (Å²) in [6.45, 7) is 0. The predicted octanol–water partition coefficient (Wildman–Crippen LogP) is 4.46. The number of fused-ring (bicyclic) bond motifs is 2. The molecule has 5 rings (SSSR count). The quantitative estimate of drug-likeness (QED) is 0.557.